The van der Waals surface area contributed by atoms with E-state index in [1.54, 1.807) is 0 Å². The van der Waals surface area contributed by atoms with Gasteiger partial charge in [0.1, 0.15) is 5.75 Å². The van der Waals surface area contributed by atoms with Gasteiger partial charge < -0.3 is 4.74 Å². The van der Waals surface area contributed by atoms with E-state index >= 15 is 0 Å². The molecular formula is C18H30N2O. The van der Waals surface area contributed by atoms with Gasteiger partial charge in [-0.2, -0.15) is 0 Å². The highest BCUT2D eigenvalue weighted by Crippen LogP contribution is 2.37. The van der Waals surface area contributed by atoms with Crippen molar-refractivity contribution in [1.82, 2.24) is 5.43 Å². The second-order valence-corrected chi connectivity index (χ2v) is 6.25. The molecule has 118 valence electrons. The van der Waals surface area contributed by atoms with Crippen LogP contribution in [0.4, 0.5) is 0 Å². The number of nitrogens with two attached hydrogens (primary N) is 1. The minimum atomic E-state index is 0.267. The molecule has 3 N–H and O–H groups in total. The minimum Gasteiger partial charge on any atom is -0.494 e. The Morgan fingerprint density at radius 2 is 1.81 bits per heavy atom. The van der Waals surface area contributed by atoms with Crippen molar-refractivity contribution in [2.45, 2.75) is 58.4 Å². The minimum absolute atomic E-state index is 0.267. The van der Waals surface area contributed by atoms with Gasteiger partial charge in [0.05, 0.1) is 6.61 Å². The number of ether oxygens (including phenoxy) is 1. The fourth-order valence-electron chi connectivity index (χ4n) is 3.43. The largest absolute Gasteiger partial charge is 0.494 e. The zero-order chi connectivity index (χ0) is 15.1. The number of hydrazine groups is 1. The maximum Gasteiger partial charge on any atom is 0.119 e. The van der Waals surface area contributed by atoms with E-state index in [4.69, 9.17) is 10.6 Å². The molecule has 21 heavy (non-hydrogen) atoms. The molecule has 0 heterocycles. The first kappa shape index (κ1) is 16.3. The number of rotatable bonds is 7. The molecule has 1 aromatic carbocycles. The van der Waals surface area contributed by atoms with Crippen LogP contribution < -0.4 is 16.0 Å². The van der Waals surface area contributed by atoms with Gasteiger partial charge in [-0.05, 0) is 48.8 Å². The Bertz CT molecular complexity index is 396. The lowest BCUT2D eigenvalue weighted by Crippen LogP contribution is -2.35. The Balaban J connectivity index is 1.97. The van der Waals surface area contributed by atoms with Crippen LogP contribution in [0.15, 0.2) is 24.3 Å². The summed E-state index contributed by atoms with van der Waals surface area (Å²) in [5, 5.41) is 0. The predicted molar refractivity (Wildman–Crippen MR) is 88.0 cm³/mol. The highest BCUT2D eigenvalue weighted by molar-refractivity contribution is 5.29. The summed E-state index contributed by atoms with van der Waals surface area (Å²) in [7, 11) is 0. The second kappa shape index (κ2) is 8.40. The summed E-state index contributed by atoms with van der Waals surface area (Å²) >= 11 is 0. The standard InChI is InChI=1S/C18H30N2O/c1-3-13-21-17-11-9-16(10-12-17)18(20-19)15-7-5-14(4-2)6-8-15/h9-12,14-15,18,20H,3-8,13,19H2,1-2H3. The molecule has 0 spiro atoms. The van der Waals surface area contributed by atoms with Crippen LogP contribution in [-0.4, -0.2) is 6.61 Å². The lowest BCUT2D eigenvalue weighted by atomic mass is 9.76. The summed E-state index contributed by atoms with van der Waals surface area (Å²) < 4.78 is 5.65. The third-order valence-electron chi connectivity index (χ3n) is 4.83. The number of hydrogen-bond acceptors (Lipinski definition) is 3. The smallest absolute Gasteiger partial charge is 0.119 e. The van der Waals surface area contributed by atoms with Gasteiger partial charge in [-0.1, -0.05) is 45.2 Å². The molecule has 1 unspecified atom stereocenters. The highest BCUT2D eigenvalue weighted by Gasteiger charge is 2.27. The quantitative estimate of drug-likeness (QED) is 0.584. The third kappa shape index (κ3) is 4.45. The molecule has 0 bridgehead atoms. The van der Waals surface area contributed by atoms with Crippen LogP contribution in [0, 0.1) is 11.8 Å². The monoisotopic (exact) mass is 290 g/mol. The molecule has 1 aliphatic carbocycles. The summed E-state index contributed by atoms with van der Waals surface area (Å²) in [6, 6.07) is 8.70. The van der Waals surface area contributed by atoms with E-state index in [9.17, 15) is 0 Å². The van der Waals surface area contributed by atoms with Gasteiger partial charge in [0.15, 0.2) is 0 Å². The van der Waals surface area contributed by atoms with Crippen molar-refractivity contribution in [2.24, 2.45) is 17.7 Å². The molecule has 3 nitrogen and oxygen atoms in total. The Kier molecular flexibility index (Phi) is 6.52. The number of nitrogens with one attached hydrogen (secondary N) is 1. The Labute approximate surface area is 129 Å². The van der Waals surface area contributed by atoms with Gasteiger partial charge in [-0.3, -0.25) is 11.3 Å². The molecule has 0 radical (unpaired) electrons. The summed E-state index contributed by atoms with van der Waals surface area (Å²) in [4.78, 5) is 0. The SMILES string of the molecule is CCCOc1ccc(C(NN)C2CCC(CC)CC2)cc1. The molecule has 1 aromatic rings. The first-order valence-corrected chi connectivity index (χ1v) is 8.47. The van der Waals surface area contributed by atoms with Crippen LogP contribution >= 0.6 is 0 Å². The van der Waals surface area contributed by atoms with Crippen LogP contribution in [-0.2, 0) is 0 Å². The number of hydrogen-bond donors (Lipinski definition) is 2. The van der Waals surface area contributed by atoms with Crippen LogP contribution in [0.2, 0.25) is 0 Å². The third-order valence-corrected chi connectivity index (χ3v) is 4.83. The molecule has 0 aliphatic heterocycles. The van der Waals surface area contributed by atoms with Crippen LogP contribution in [0.1, 0.15) is 64.0 Å². The predicted octanol–water partition coefficient (Wildman–Crippen LogP) is 4.20. The van der Waals surface area contributed by atoms with Gasteiger partial charge in [-0.25, -0.2) is 0 Å². The molecule has 1 fully saturated rings. The molecule has 1 atom stereocenters. The zero-order valence-electron chi connectivity index (χ0n) is 13.5. The van der Waals surface area contributed by atoms with E-state index in [1.165, 1.54) is 37.7 Å². The first-order valence-electron chi connectivity index (χ1n) is 8.47. The second-order valence-electron chi connectivity index (χ2n) is 6.25. The van der Waals surface area contributed by atoms with Gasteiger partial charge in [-0.15, -0.1) is 0 Å². The molecule has 1 aliphatic rings. The molecule has 2 rings (SSSR count). The van der Waals surface area contributed by atoms with Crippen molar-refractivity contribution in [3.05, 3.63) is 29.8 Å². The van der Waals surface area contributed by atoms with Gasteiger partial charge >= 0.3 is 0 Å². The Morgan fingerprint density at radius 1 is 1.14 bits per heavy atom. The maximum atomic E-state index is 5.84. The molecule has 0 aromatic heterocycles. The average molecular weight is 290 g/mol. The average Bonchev–Trinajstić information content (AvgIpc) is 2.55. The van der Waals surface area contributed by atoms with Crippen molar-refractivity contribution >= 4 is 0 Å². The lowest BCUT2D eigenvalue weighted by Gasteiger charge is -2.33. The van der Waals surface area contributed by atoms with Gasteiger partial charge in [0.25, 0.3) is 0 Å². The van der Waals surface area contributed by atoms with Crippen molar-refractivity contribution in [2.75, 3.05) is 6.61 Å². The topological polar surface area (TPSA) is 47.3 Å². The van der Waals surface area contributed by atoms with E-state index in [-0.39, 0.29) is 6.04 Å². The summed E-state index contributed by atoms with van der Waals surface area (Å²) in [6.45, 7) is 5.20. The first-order chi connectivity index (χ1) is 10.3. The van der Waals surface area contributed by atoms with E-state index in [2.05, 4.69) is 43.5 Å². The van der Waals surface area contributed by atoms with Crippen LogP contribution in [0.3, 0.4) is 0 Å². The highest BCUT2D eigenvalue weighted by atomic mass is 16.5. The summed E-state index contributed by atoms with van der Waals surface area (Å²) in [5.41, 5.74) is 4.32. The van der Waals surface area contributed by atoms with Crippen LogP contribution in [0.5, 0.6) is 5.75 Å². The van der Waals surface area contributed by atoms with Gasteiger partial charge in [0, 0.05) is 6.04 Å². The molecular weight excluding hydrogens is 260 g/mol. The summed E-state index contributed by atoms with van der Waals surface area (Å²) in [6.07, 6.45) is 7.60. The van der Waals surface area contributed by atoms with E-state index in [1.807, 2.05) is 0 Å². The van der Waals surface area contributed by atoms with Crippen molar-refractivity contribution in [3.63, 3.8) is 0 Å². The van der Waals surface area contributed by atoms with E-state index < -0.39 is 0 Å². The van der Waals surface area contributed by atoms with E-state index in [0.717, 1.165) is 24.7 Å². The fourth-order valence-corrected chi connectivity index (χ4v) is 3.43. The van der Waals surface area contributed by atoms with E-state index in [0.29, 0.717) is 5.92 Å². The molecule has 1 saturated carbocycles. The van der Waals surface area contributed by atoms with Crippen molar-refractivity contribution in [1.29, 1.82) is 0 Å². The maximum absolute atomic E-state index is 5.84. The summed E-state index contributed by atoms with van der Waals surface area (Å²) in [5.74, 6) is 8.36. The fraction of sp³-hybridized carbons (Fsp3) is 0.667. The molecule has 0 saturated heterocycles. The normalized spacial score (nSPS) is 23.8. The number of benzene rings is 1. The lowest BCUT2D eigenvalue weighted by molar-refractivity contribution is 0.219. The molecule has 0 amide bonds. The van der Waals surface area contributed by atoms with Gasteiger partial charge in [0.2, 0.25) is 0 Å². The Hall–Kier alpha value is -1.06. The van der Waals surface area contributed by atoms with Crippen LogP contribution in [0.25, 0.3) is 0 Å². The molecule has 3 heteroatoms. The Morgan fingerprint density at radius 3 is 2.33 bits per heavy atom. The van der Waals surface area contributed by atoms with Crippen molar-refractivity contribution < 1.29 is 4.74 Å². The zero-order valence-corrected chi connectivity index (χ0v) is 13.5. The van der Waals surface area contributed by atoms with Crippen molar-refractivity contribution in [3.8, 4) is 5.75 Å².